The highest BCUT2D eigenvalue weighted by molar-refractivity contribution is 5.75. The highest BCUT2D eigenvalue weighted by atomic mass is 16.4. The van der Waals surface area contributed by atoms with Gasteiger partial charge in [-0.1, -0.05) is 30.3 Å². The average Bonchev–Trinajstić information content (AvgIpc) is 2.37. The van der Waals surface area contributed by atoms with Crippen molar-refractivity contribution in [1.29, 1.82) is 0 Å². The van der Waals surface area contributed by atoms with Gasteiger partial charge in [-0.05, 0) is 12.5 Å². The first-order chi connectivity index (χ1) is 8.52. The number of hydrogen-bond donors (Lipinski definition) is 2. The molecule has 18 heavy (non-hydrogen) atoms. The molecule has 0 aromatic heterocycles. The van der Waals surface area contributed by atoms with Crippen molar-refractivity contribution in [2.45, 2.75) is 19.4 Å². The minimum atomic E-state index is -0.922. The van der Waals surface area contributed by atoms with Gasteiger partial charge in [-0.2, -0.15) is 0 Å². The SMILES string of the molecule is CC(c1ccccc1)N(C)C(=O)NCCC(=O)O. The third kappa shape index (κ3) is 4.08. The van der Waals surface area contributed by atoms with Crippen LogP contribution in [0.15, 0.2) is 30.3 Å². The number of carbonyl (C=O) groups excluding carboxylic acids is 1. The summed E-state index contributed by atoms with van der Waals surface area (Å²) in [6.45, 7) is 2.06. The zero-order valence-electron chi connectivity index (χ0n) is 10.6. The molecule has 1 aromatic carbocycles. The molecule has 1 rings (SSSR count). The Morgan fingerprint density at radius 3 is 2.50 bits per heavy atom. The number of hydrogen-bond acceptors (Lipinski definition) is 2. The van der Waals surface area contributed by atoms with E-state index in [1.165, 1.54) is 0 Å². The minimum absolute atomic E-state index is 0.0592. The van der Waals surface area contributed by atoms with Crippen LogP contribution in [0.25, 0.3) is 0 Å². The molecule has 0 bridgehead atoms. The van der Waals surface area contributed by atoms with Crippen LogP contribution in [0.4, 0.5) is 4.79 Å². The van der Waals surface area contributed by atoms with E-state index in [-0.39, 0.29) is 25.0 Å². The van der Waals surface area contributed by atoms with Gasteiger partial charge in [0.25, 0.3) is 0 Å². The summed E-state index contributed by atoms with van der Waals surface area (Å²) in [6.07, 6.45) is -0.0701. The average molecular weight is 250 g/mol. The van der Waals surface area contributed by atoms with Crippen LogP contribution in [0.2, 0.25) is 0 Å². The Bertz CT molecular complexity index is 406. The minimum Gasteiger partial charge on any atom is -0.481 e. The largest absolute Gasteiger partial charge is 0.481 e. The molecular weight excluding hydrogens is 232 g/mol. The number of benzene rings is 1. The van der Waals surface area contributed by atoms with Gasteiger partial charge in [0.05, 0.1) is 12.5 Å². The number of carboxylic acids is 1. The quantitative estimate of drug-likeness (QED) is 0.838. The Morgan fingerprint density at radius 2 is 1.94 bits per heavy atom. The molecule has 2 amide bonds. The summed E-state index contributed by atoms with van der Waals surface area (Å²) in [5.41, 5.74) is 1.04. The smallest absolute Gasteiger partial charge is 0.317 e. The Hall–Kier alpha value is -2.04. The van der Waals surface area contributed by atoms with Crippen LogP contribution < -0.4 is 5.32 Å². The van der Waals surface area contributed by atoms with E-state index in [1.807, 2.05) is 37.3 Å². The maximum atomic E-state index is 11.8. The van der Waals surface area contributed by atoms with Crippen molar-refractivity contribution in [3.05, 3.63) is 35.9 Å². The standard InChI is InChI=1S/C13H18N2O3/c1-10(11-6-4-3-5-7-11)15(2)13(18)14-9-8-12(16)17/h3-7,10H,8-9H2,1-2H3,(H,14,18)(H,16,17). The fourth-order valence-electron chi connectivity index (χ4n) is 1.53. The topological polar surface area (TPSA) is 69.6 Å². The fourth-order valence-corrected chi connectivity index (χ4v) is 1.53. The third-order valence-electron chi connectivity index (χ3n) is 2.80. The third-order valence-corrected chi connectivity index (χ3v) is 2.80. The lowest BCUT2D eigenvalue weighted by Crippen LogP contribution is -2.39. The number of carbonyl (C=O) groups is 2. The number of rotatable bonds is 5. The van der Waals surface area contributed by atoms with Gasteiger partial charge in [0.1, 0.15) is 0 Å². The molecule has 0 spiro atoms. The molecule has 2 N–H and O–H groups in total. The van der Waals surface area contributed by atoms with Crippen LogP contribution in [0.1, 0.15) is 24.9 Å². The van der Waals surface area contributed by atoms with Crippen molar-refractivity contribution in [3.63, 3.8) is 0 Å². The van der Waals surface area contributed by atoms with Crippen molar-refractivity contribution >= 4 is 12.0 Å². The van der Waals surface area contributed by atoms with E-state index in [2.05, 4.69) is 5.32 Å². The molecule has 1 unspecified atom stereocenters. The number of carboxylic acid groups (broad SMARTS) is 1. The summed E-state index contributed by atoms with van der Waals surface area (Å²) in [6, 6.07) is 9.33. The predicted molar refractivity (Wildman–Crippen MR) is 68.3 cm³/mol. The first kappa shape index (κ1) is 14.0. The molecule has 0 aliphatic carbocycles. The van der Waals surface area contributed by atoms with Crippen molar-refractivity contribution in [2.75, 3.05) is 13.6 Å². The molecule has 0 fully saturated rings. The second-order valence-corrected chi connectivity index (χ2v) is 4.07. The Morgan fingerprint density at radius 1 is 1.33 bits per heavy atom. The van der Waals surface area contributed by atoms with Crippen LogP contribution in [-0.4, -0.2) is 35.6 Å². The van der Waals surface area contributed by atoms with Crippen LogP contribution >= 0.6 is 0 Å². The molecular formula is C13H18N2O3. The molecule has 5 nitrogen and oxygen atoms in total. The van der Waals surface area contributed by atoms with Crippen LogP contribution in [0, 0.1) is 0 Å². The zero-order chi connectivity index (χ0) is 13.5. The maximum Gasteiger partial charge on any atom is 0.317 e. The molecule has 5 heteroatoms. The number of nitrogens with zero attached hydrogens (tertiary/aromatic N) is 1. The molecule has 1 atom stereocenters. The van der Waals surface area contributed by atoms with Crippen molar-refractivity contribution in [1.82, 2.24) is 10.2 Å². The molecule has 0 aliphatic heterocycles. The van der Waals surface area contributed by atoms with Crippen LogP contribution in [0.3, 0.4) is 0 Å². The van der Waals surface area contributed by atoms with E-state index < -0.39 is 5.97 Å². The van der Waals surface area contributed by atoms with Gasteiger partial charge in [-0.25, -0.2) is 4.79 Å². The molecule has 98 valence electrons. The van der Waals surface area contributed by atoms with Gasteiger partial charge < -0.3 is 15.3 Å². The van der Waals surface area contributed by atoms with E-state index in [9.17, 15) is 9.59 Å². The summed E-state index contributed by atoms with van der Waals surface area (Å²) in [5.74, 6) is -0.922. The summed E-state index contributed by atoms with van der Waals surface area (Å²) in [5, 5.41) is 11.1. The number of aliphatic carboxylic acids is 1. The molecule has 0 saturated heterocycles. The molecule has 1 aromatic rings. The van der Waals surface area contributed by atoms with E-state index in [1.54, 1.807) is 11.9 Å². The molecule has 0 saturated carbocycles. The van der Waals surface area contributed by atoms with Crippen LogP contribution in [-0.2, 0) is 4.79 Å². The lowest BCUT2D eigenvalue weighted by Gasteiger charge is -2.25. The summed E-state index contributed by atoms with van der Waals surface area (Å²) < 4.78 is 0. The van der Waals surface area contributed by atoms with Crippen molar-refractivity contribution in [2.24, 2.45) is 0 Å². The van der Waals surface area contributed by atoms with E-state index in [0.29, 0.717) is 0 Å². The second-order valence-electron chi connectivity index (χ2n) is 4.07. The fraction of sp³-hybridized carbons (Fsp3) is 0.385. The Balaban J connectivity index is 2.50. The monoisotopic (exact) mass is 250 g/mol. The predicted octanol–water partition coefficient (Wildman–Crippen LogP) is 1.86. The molecule has 0 aliphatic rings. The highest BCUT2D eigenvalue weighted by Gasteiger charge is 2.16. The van der Waals surface area contributed by atoms with Gasteiger partial charge in [0.2, 0.25) is 0 Å². The second kappa shape index (κ2) is 6.64. The molecule has 0 radical (unpaired) electrons. The first-order valence-corrected chi connectivity index (χ1v) is 5.79. The van der Waals surface area contributed by atoms with Gasteiger partial charge in [0.15, 0.2) is 0 Å². The van der Waals surface area contributed by atoms with Crippen molar-refractivity contribution in [3.8, 4) is 0 Å². The van der Waals surface area contributed by atoms with Gasteiger partial charge in [0, 0.05) is 13.6 Å². The van der Waals surface area contributed by atoms with Crippen molar-refractivity contribution < 1.29 is 14.7 Å². The van der Waals surface area contributed by atoms with Gasteiger partial charge in [-0.15, -0.1) is 0 Å². The van der Waals surface area contributed by atoms with E-state index >= 15 is 0 Å². The molecule has 0 heterocycles. The Labute approximate surface area is 106 Å². The maximum absolute atomic E-state index is 11.8. The highest BCUT2D eigenvalue weighted by Crippen LogP contribution is 2.17. The Kier molecular flexibility index (Phi) is 5.17. The summed E-state index contributed by atoms with van der Waals surface area (Å²) >= 11 is 0. The van der Waals surface area contributed by atoms with E-state index in [0.717, 1.165) is 5.56 Å². The first-order valence-electron chi connectivity index (χ1n) is 5.79. The van der Waals surface area contributed by atoms with Gasteiger partial charge in [-0.3, -0.25) is 4.79 Å². The summed E-state index contributed by atoms with van der Waals surface area (Å²) in [7, 11) is 1.69. The summed E-state index contributed by atoms with van der Waals surface area (Å²) in [4.78, 5) is 23.7. The lowest BCUT2D eigenvalue weighted by atomic mass is 10.1. The van der Waals surface area contributed by atoms with Gasteiger partial charge >= 0.3 is 12.0 Å². The zero-order valence-corrected chi connectivity index (χ0v) is 10.6. The van der Waals surface area contributed by atoms with Crippen LogP contribution in [0.5, 0.6) is 0 Å². The lowest BCUT2D eigenvalue weighted by molar-refractivity contribution is -0.136. The number of amides is 2. The number of urea groups is 1. The number of nitrogens with one attached hydrogen (secondary N) is 1. The normalized spacial score (nSPS) is 11.7. The van der Waals surface area contributed by atoms with E-state index in [4.69, 9.17) is 5.11 Å².